The van der Waals surface area contributed by atoms with E-state index < -0.39 is 5.41 Å². The molecule has 2 aromatic carbocycles. The summed E-state index contributed by atoms with van der Waals surface area (Å²) in [5, 5.41) is 12.5. The van der Waals surface area contributed by atoms with Crippen LogP contribution >= 0.6 is 55.4 Å². The van der Waals surface area contributed by atoms with E-state index >= 15 is 0 Å². The summed E-state index contributed by atoms with van der Waals surface area (Å²) in [5.74, 6) is -0.190. The largest absolute Gasteiger partial charge is 0.315 e. The number of hydrogen-bond donors (Lipinski definition) is 1. The number of benzene rings is 2. The van der Waals surface area contributed by atoms with E-state index in [0.29, 0.717) is 0 Å². The van der Waals surface area contributed by atoms with Crippen molar-refractivity contribution >= 4 is 61.3 Å². The maximum absolute atomic E-state index is 12.4. The number of amides is 1. The van der Waals surface area contributed by atoms with Gasteiger partial charge in [-0.05, 0) is 48.5 Å². The molecule has 1 amide bonds. The molecule has 0 aromatic heterocycles. The SMILES string of the molecule is CC(C)(C)C(=O)NC(C#N)=C(Sc1ccc(Br)cc1)Sc1ccc(Br)cc1. The highest BCUT2D eigenvalue weighted by Crippen LogP contribution is 2.41. The van der Waals surface area contributed by atoms with Crippen molar-refractivity contribution in [2.75, 3.05) is 0 Å². The molecule has 3 nitrogen and oxygen atoms in total. The zero-order valence-corrected chi connectivity index (χ0v) is 19.9. The second-order valence-electron chi connectivity index (χ2n) is 6.59. The van der Waals surface area contributed by atoms with Gasteiger partial charge in [0.15, 0.2) is 0 Å². The smallest absolute Gasteiger partial charge is 0.230 e. The molecular formula is C20H18Br2N2OS2. The first kappa shape index (κ1) is 22.1. The molecule has 0 saturated heterocycles. The van der Waals surface area contributed by atoms with Crippen LogP contribution in [0.3, 0.4) is 0 Å². The summed E-state index contributed by atoms with van der Waals surface area (Å²) in [6.45, 7) is 5.46. The van der Waals surface area contributed by atoms with Crippen molar-refractivity contribution in [2.45, 2.75) is 30.6 Å². The number of halogens is 2. The maximum Gasteiger partial charge on any atom is 0.230 e. The van der Waals surface area contributed by atoms with Gasteiger partial charge in [-0.15, -0.1) is 0 Å². The first-order valence-corrected chi connectivity index (χ1v) is 11.2. The van der Waals surface area contributed by atoms with Crippen molar-refractivity contribution in [2.24, 2.45) is 5.41 Å². The quantitative estimate of drug-likeness (QED) is 0.339. The molecule has 0 radical (unpaired) electrons. The average Bonchev–Trinajstić information content (AvgIpc) is 2.61. The van der Waals surface area contributed by atoms with Gasteiger partial charge in [0.2, 0.25) is 5.91 Å². The Morgan fingerprint density at radius 3 is 1.67 bits per heavy atom. The lowest BCUT2D eigenvalue weighted by Crippen LogP contribution is -2.34. The molecule has 2 aromatic rings. The molecule has 0 atom stereocenters. The predicted octanol–water partition coefficient (Wildman–Crippen LogP) is 6.95. The van der Waals surface area contributed by atoms with Gasteiger partial charge >= 0.3 is 0 Å². The van der Waals surface area contributed by atoms with Gasteiger partial charge in [-0.25, -0.2) is 0 Å². The summed E-state index contributed by atoms with van der Waals surface area (Å²) in [4.78, 5) is 14.4. The number of nitriles is 1. The number of carbonyl (C=O) groups is 1. The van der Waals surface area contributed by atoms with Crippen molar-refractivity contribution in [3.8, 4) is 6.07 Å². The Hall–Kier alpha value is -1.20. The van der Waals surface area contributed by atoms with Gasteiger partial charge in [0.1, 0.15) is 11.8 Å². The highest BCUT2D eigenvalue weighted by Gasteiger charge is 2.23. The third kappa shape index (κ3) is 7.04. The molecular weight excluding hydrogens is 508 g/mol. The Bertz CT molecular complexity index is 831. The molecule has 1 N–H and O–H groups in total. The van der Waals surface area contributed by atoms with E-state index in [1.165, 1.54) is 23.5 Å². The fraction of sp³-hybridized carbons (Fsp3) is 0.200. The summed E-state index contributed by atoms with van der Waals surface area (Å²) in [7, 11) is 0. The van der Waals surface area contributed by atoms with Gasteiger partial charge < -0.3 is 5.32 Å². The molecule has 7 heteroatoms. The molecule has 27 heavy (non-hydrogen) atoms. The van der Waals surface area contributed by atoms with Crippen LogP contribution < -0.4 is 5.32 Å². The number of allylic oxidation sites excluding steroid dienone is 1. The highest BCUT2D eigenvalue weighted by molar-refractivity contribution is 9.10. The summed E-state index contributed by atoms with van der Waals surface area (Å²) in [6, 6.07) is 17.8. The lowest BCUT2D eigenvalue weighted by atomic mass is 9.96. The van der Waals surface area contributed by atoms with E-state index in [1.54, 1.807) is 0 Å². The van der Waals surface area contributed by atoms with E-state index in [4.69, 9.17) is 0 Å². The molecule has 0 fully saturated rings. The number of nitrogens with zero attached hydrogens (tertiary/aromatic N) is 1. The van der Waals surface area contributed by atoms with E-state index in [-0.39, 0.29) is 11.6 Å². The molecule has 0 unspecified atom stereocenters. The molecule has 0 aliphatic rings. The second kappa shape index (κ2) is 9.83. The molecule has 0 saturated carbocycles. The maximum atomic E-state index is 12.4. The molecule has 0 heterocycles. The minimum Gasteiger partial charge on any atom is -0.315 e. The normalized spacial score (nSPS) is 10.8. The summed E-state index contributed by atoms with van der Waals surface area (Å²) < 4.78 is 2.69. The lowest BCUT2D eigenvalue weighted by molar-refractivity contribution is -0.127. The zero-order valence-electron chi connectivity index (χ0n) is 15.0. The summed E-state index contributed by atoms with van der Waals surface area (Å²) >= 11 is 9.77. The molecule has 0 aliphatic carbocycles. The van der Waals surface area contributed by atoms with Crippen molar-refractivity contribution < 1.29 is 4.79 Å². The number of carbonyl (C=O) groups excluding carboxylic acids is 1. The van der Waals surface area contributed by atoms with Crippen LogP contribution in [-0.2, 0) is 4.79 Å². The first-order chi connectivity index (χ1) is 12.7. The number of nitrogens with one attached hydrogen (secondary N) is 1. The number of rotatable bonds is 5. The molecule has 2 rings (SSSR count). The first-order valence-electron chi connectivity index (χ1n) is 8.01. The number of hydrogen-bond acceptors (Lipinski definition) is 4. The Morgan fingerprint density at radius 2 is 1.33 bits per heavy atom. The Kier molecular flexibility index (Phi) is 8.04. The lowest BCUT2D eigenvalue weighted by Gasteiger charge is -2.18. The standard InChI is InChI=1S/C20H18Br2N2OS2/c1-20(2,3)19(25)24-17(12-23)18(26-15-8-4-13(21)5-9-15)27-16-10-6-14(22)7-11-16/h4-11H,1-3H3,(H,24,25). The Balaban J connectivity index is 2.39. The predicted molar refractivity (Wildman–Crippen MR) is 120 cm³/mol. The Morgan fingerprint density at radius 1 is 0.926 bits per heavy atom. The third-order valence-corrected chi connectivity index (χ3v) is 6.64. The topological polar surface area (TPSA) is 52.9 Å². The van der Waals surface area contributed by atoms with Crippen LogP contribution in [0, 0.1) is 16.7 Å². The van der Waals surface area contributed by atoms with Crippen LogP contribution in [0.4, 0.5) is 0 Å². The van der Waals surface area contributed by atoms with Crippen LogP contribution in [-0.4, -0.2) is 5.91 Å². The van der Waals surface area contributed by atoms with Gasteiger partial charge in [0, 0.05) is 24.2 Å². The van der Waals surface area contributed by atoms with Crippen molar-refractivity contribution in [1.29, 1.82) is 5.26 Å². The van der Waals surface area contributed by atoms with Gasteiger partial charge in [-0.1, -0.05) is 76.2 Å². The van der Waals surface area contributed by atoms with Gasteiger partial charge in [-0.2, -0.15) is 5.26 Å². The van der Waals surface area contributed by atoms with Crippen molar-refractivity contribution in [3.63, 3.8) is 0 Å². The van der Waals surface area contributed by atoms with Crippen molar-refractivity contribution in [1.82, 2.24) is 5.32 Å². The fourth-order valence-electron chi connectivity index (χ4n) is 1.77. The fourth-order valence-corrected chi connectivity index (χ4v) is 4.41. The van der Waals surface area contributed by atoms with Gasteiger partial charge in [0.05, 0.1) is 4.24 Å². The van der Waals surface area contributed by atoms with E-state index in [2.05, 4.69) is 43.2 Å². The Labute approximate surface area is 185 Å². The second-order valence-corrected chi connectivity index (χ2v) is 10.8. The number of thioether (sulfide) groups is 2. The minimum absolute atomic E-state index is 0.190. The molecule has 140 valence electrons. The van der Waals surface area contributed by atoms with Crippen LogP contribution in [0.1, 0.15) is 20.8 Å². The van der Waals surface area contributed by atoms with Gasteiger partial charge in [0.25, 0.3) is 0 Å². The third-order valence-electron chi connectivity index (χ3n) is 3.28. The van der Waals surface area contributed by atoms with E-state index in [1.807, 2.05) is 69.3 Å². The monoisotopic (exact) mass is 524 g/mol. The van der Waals surface area contributed by atoms with Crippen LogP contribution in [0.5, 0.6) is 0 Å². The summed E-state index contributed by atoms with van der Waals surface area (Å²) in [6.07, 6.45) is 0. The van der Waals surface area contributed by atoms with Crippen LogP contribution in [0.25, 0.3) is 0 Å². The van der Waals surface area contributed by atoms with Crippen molar-refractivity contribution in [3.05, 3.63) is 67.4 Å². The van der Waals surface area contributed by atoms with E-state index in [0.717, 1.165) is 23.0 Å². The molecule has 0 aliphatic heterocycles. The molecule has 0 bridgehead atoms. The summed E-state index contributed by atoms with van der Waals surface area (Å²) in [5.41, 5.74) is -0.326. The van der Waals surface area contributed by atoms with E-state index in [9.17, 15) is 10.1 Å². The zero-order chi connectivity index (χ0) is 20.0. The highest BCUT2D eigenvalue weighted by atomic mass is 79.9. The van der Waals surface area contributed by atoms with Crippen LogP contribution in [0.15, 0.2) is 77.2 Å². The molecule has 0 spiro atoms. The average molecular weight is 526 g/mol. The minimum atomic E-state index is -0.586. The van der Waals surface area contributed by atoms with Crippen LogP contribution in [0.2, 0.25) is 0 Å². The van der Waals surface area contributed by atoms with Gasteiger partial charge in [-0.3, -0.25) is 4.79 Å².